The normalized spacial score (nSPS) is 19.5. The van der Waals surface area contributed by atoms with Gasteiger partial charge in [0.15, 0.2) is 0 Å². The van der Waals surface area contributed by atoms with Crippen LogP contribution < -0.4 is 5.32 Å². The summed E-state index contributed by atoms with van der Waals surface area (Å²) >= 11 is 6.13. The monoisotopic (exact) mass is 372 g/mol. The third-order valence-electron chi connectivity index (χ3n) is 4.10. The molecule has 0 spiro atoms. The zero-order valence-corrected chi connectivity index (χ0v) is 16.0. The van der Waals surface area contributed by atoms with Gasteiger partial charge < -0.3 is 5.32 Å². The Kier molecular flexibility index (Phi) is 6.28. The summed E-state index contributed by atoms with van der Waals surface area (Å²) in [5.41, 5.74) is 0.309. The van der Waals surface area contributed by atoms with E-state index in [-0.39, 0.29) is 15.8 Å². The quantitative estimate of drug-likeness (QED) is 0.863. The third-order valence-corrected chi connectivity index (χ3v) is 6.45. The molecule has 1 fully saturated rings. The molecule has 7 heteroatoms. The summed E-state index contributed by atoms with van der Waals surface area (Å²) in [5.74, 6) is 0.355. The second kappa shape index (κ2) is 7.85. The molecule has 5 nitrogen and oxygen atoms in total. The molecular formula is C17H25ClN2O3S. The zero-order valence-electron chi connectivity index (χ0n) is 14.4. The van der Waals surface area contributed by atoms with E-state index in [4.69, 9.17) is 11.6 Å². The van der Waals surface area contributed by atoms with Crippen molar-refractivity contribution in [3.8, 4) is 0 Å². The molecule has 1 N–H and O–H groups in total. The van der Waals surface area contributed by atoms with E-state index < -0.39 is 10.0 Å². The van der Waals surface area contributed by atoms with Crippen molar-refractivity contribution in [1.82, 2.24) is 9.62 Å². The van der Waals surface area contributed by atoms with E-state index in [9.17, 15) is 13.2 Å². The summed E-state index contributed by atoms with van der Waals surface area (Å²) in [6.45, 7) is 7.55. The van der Waals surface area contributed by atoms with Crippen molar-refractivity contribution in [1.29, 1.82) is 0 Å². The number of halogens is 1. The number of nitrogens with one attached hydrogen (secondary N) is 1. The van der Waals surface area contributed by atoms with Crippen molar-refractivity contribution in [2.75, 3.05) is 19.6 Å². The van der Waals surface area contributed by atoms with Gasteiger partial charge in [-0.3, -0.25) is 4.79 Å². The van der Waals surface area contributed by atoms with Crippen LogP contribution >= 0.6 is 11.6 Å². The molecule has 1 heterocycles. The molecule has 0 bridgehead atoms. The van der Waals surface area contributed by atoms with Crippen molar-refractivity contribution < 1.29 is 13.2 Å². The summed E-state index contributed by atoms with van der Waals surface area (Å²) in [5, 5.41) is 2.94. The molecule has 1 aliphatic rings. The molecule has 0 aromatic heterocycles. The Morgan fingerprint density at radius 2 is 2.12 bits per heavy atom. The largest absolute Gasteiger partial charge is 0.352 e. The predicted octanol–water partition coefficient (Wildman–Crippen LogP) is 3.15. The summed E-state index contributed by atoms with van der Waals surface area (Å²) in [6, 6.07) is 4.41. The van der Waals surface area contributed by atoms with Crippen LogP contribution in [0.5, 0.6) is 0 Å². The Bertz CT molecular complexity index is 704. The molecule has 1 amide bonds. The van der Waals surface area contributed by atoms with Crippen LogP contribution in [-0.2, 0) is 10.0 Å². The topological polar surface area (TPSA) is 66.5 Å². The van der Waals surface area contributed by atoms with Gasteiger partial charge in [-0.2, -0.15) is 4.31 Å². The lowest BCUT2D eigenvalue weighted by Gasteiger charge is -2.30. The first kappa shape index (κ1) is 19.2. The molecule has 1 aromatic carbocycles. The maximum atomic E-state index is 12.9. The average molecular weight is 373 g/mol. The van der Waals surface area contributed by atoms with Crippen molar-refractivity contribution in [3.63, 3.8) is 0 Å². The molecule has 134 valence electrons. The molecule has 24 heavy (non-hydrogen) atoms. The second-order valence-corrected chi connectivity index (χ2v) is 9.17. The van der Waals surface area contributed by atoms with Crippen LogP contribution in [0.4, 0.5) is 0 Å². The lowest BCUT2D eigenvalue weighted by Crippen LogP contribution is -2.39. The van der Waals surface area contributed by atoms with Gasteiger partial charge in [0.2, 0.25) is 10.0 Å². The van der Waals surface area contributed by atoms with Gasteiger partial charge in [-0.25, -0.2) is 8.42 Å². The van der Waals surface area contributed by atoms with Crippen LogP contribution in [0.2, 0.25) is 5.02 Å². The lowest BCUT2D eigenvalue weighted by atomic mass is 10.0. The number of benzene rings is 1. The summed E-state index contributed by atoms with van der Waals surface area (Å²) in [7, 11) is -3.69. The number of hydrogen-bond donors (Lipinski definition) is 1. The first-order chi connectivity index (χ1) is 11.2. The fraction of sp³-hybridized carbons (Fsp3) is 0.588. The number of hydrogen-bond acceptors (Lipinski definition) is 3. The molecule has 0 saturated carbocycles. The highest BCUT2D eigenvalue weighted by molar-refractivity contribution is 7.89. The Balaban J connectivity index is 2.29. The predicted molar refractivity (Wildman–Crippen MR) is 95.8 cm³/mol. The van der Waals surface area contributed by atoms with Crippen LogP contribution in [0.15, 0.2) is 23.1 Å². The maximum Gasteiger partial charge on any atom is 0.251 e. The molecule has 1 saturated heterocycles. The van der Waals surface area contributed by atoms with E-state index in [1.54, 1.807) is 6.07 Å². The minimum atomic E-state index is -3.69. The number of carbonyl (C=O) groups is 1. The Morgan fingerprint density at radius 3 is 2.75 bits per heavy atom. The summed E-state index contributed by atoms with van der Waals surface area (Å²) in [6.07, 6.45) is 1.87. The van der Waals surface area contributed by atoms with Gasteiger partial charge in [0, 0.05) is 25.2 Å². The van der Waals surface area contributed by atoms with Gasteiger partial charge in [0.25, 0.3) is 5.91 Å². The molecule has 1 unspecified atom stereocenters. The van der Waals surface area contributed by atoms with E-state index in [0.29, 0.717) is 37.0 Å². The Labute approximate surface area is 149 Å². The van der Waals surface area contributed by atoms with Gasteiger partial charge in [0.05, 0.1) is 5.02 Å². The highest BCUT2D eigenvalue weighted by Crippen LogP contribution is 2.29. The fourth-order valence-electron chi connectivity index (χ4n) is 2.74. The number of carbonyl (C=O) groups excluding carboxylic acids is 1. The molecule has 1 aromatic rings. The van der Waals surface area contributed by atoms with E-state index in [0.717, 1.165) is 12.8 Å². The maximum absolute atomic E-state index is 12.9. The highest BCUT2D eigenvalue weighted by atomic mass is 35.5. The number of amides is 1. The van der Waals surface area contributed by atoms with Crippen LogP contribution in [0, 0.1) is 11.8 Å². The molecule has 0 aliphatic carbocycles. The first-order valence-corrected chi connectivity index (χ1v) is 10.1. The van der Waals surface area contributed by atoms with Gasteiger partial charge >= 0.3 is 0 Å². The average Bonchev–Trinajstić information content (AvgIpc) is 2.52. The second-order valence-electron chi connectivity index (χ2n) is 6.86. The van der Waals surface area contributed by atoms with E-state index in [1.165, 1.54) is 16.4 Å². The number of nitrogens with zero attached hydrogens (tertiary/aromatic N) is 1. The third kappa shape index (κ3) is 4.49. The Hall–Kier alpha value is -1.11. The van der Waals surface area contributed by atoms with Crippen LogP contribution in [-0.4, -0.2) is 38.3 Å². The van der Waals surface area contributed by atoms with Crippen LogP contribution in [0.3, 0.4) is 0 Å². The molecule has 1 atom stereocenters. The molecule has 1 aliphatic heterocycles. The van der Waals surface area contributed by atoms with E-state index >= 15 is 0 Å². The van der Waals surface area contributed by atoms with Gasteiger partial charge in [-0.05, 0) is 42.9 Å². The number of piperidine rings is 1. The fourth-order valence-corrected chi connectivity index (χ4v) is 4.84. The van der Waals surface area contributed by atoms with E-state index in [2.05, 4.69) is 5.32 Å². The van der Waals surface area contributed by atoms with Crippen LogP contribution in [0.25, 0.3) is 0 Å². The molecule has 2 rings (SSSR count). The standard InChI is InChI=1S/C17H25ClN2O3S/c1-12(2)10-19-17(21)14-6-7-15(18)16(9-14)24(22,23)20-8-4-5-13(3)11-20/h6-7,9,12-13H,4-5,8,10-11H2,1-3H3,(H,19,21). The molecule has 0 radical (unpaired) electrons. The minimum Gasteiger partial charge on any atom is -0.352 e. The summed E-state index contributed by atoms with van der Waals surface area (Å²) in [4.78, 5) is 12.2. The van der Waals surface area contributed by atoms with Gasteiger partial charge in [-0.1, -0.05) is 32.4 Å². The first-order valence-electron chi connectivity index (χ1n) is 8.29. The van der Waals surface area contributed by atoms with Gasteiger partial charge in [0.1, 0.15) is 4.90 Å². The smallest absolute Gasteiger partial charge is 0.251 e. The Morgan fingerprint density at radius 1 is 1.42 bits per heavy atom. The van der Waals surface area contributed by atoms with Crippen molar-refractivity contribution >= 4 is 27.5 Å². The SMILES string of the molecule is CC(C)CNC(=O)c1ccc(Cl)c(S(=O)(=O)N2CCCC(C)C2)c1. The number of rotatable bonds is 5. The van der Waals surface area contributed by atoms with Gasteiger partial charge in [-0.15, -0.1) is 0 Å². The molecular weight excluding hydrogens is 348 g/mol. The van der Waals surface area contributed by atoms with Crippen LogP contribution in [0.1, 0.15) is 44.0 Å². The number of sulfonamides is 1. The summed E-state index contributed by atoms with van der Waals surface area (Å²) < 4.78 is 27.3. The zero-order chi connectivity index (χ0) is 17.9. The lowest BCUT2D eigenvalue weighted by molar-refractivity contribution is 0.0949. The van der Waals surface area contributed by atoms with Crippen molar-refractivity contribution in [2.24, 2.45) is 11.8 Å². The minimum absolute atomic E-state index is 0.00969. The highest BCUT2D eigenvalue weighted by Gasteiger charge is 2.30. The van der Waals surface area contributed by atoms with Crippen molar-refractivity contribution in [2.45, 2.75) is 38.5 Å². The van der Waals surface area contributed by atoms with E-state index in [1.807, 2.05) is 20.8 Å². The van der Waals surface area contributed by atoms with Crippen molar-refractivity contribution in [3.05, 3.63) is 28.8 Å².